The Bertz CT molecular complexity index is 1470. The summed E-state index contributed by atoms with van der Waals surface area (Å²) in [7, 11) is 0. The number of carbonyl (C=O) groups is 1. The van der Waals surface area contributed by atoms with Gasteiger partial charge in [-0.3, -0.25) is 14.2 Å². The number of thioether (sulfide) groups is 1. The molecule has 0 aliphatic carbocycles. The van der Waals surface area contributed by atoms with Crippen LogP contribution in [0.25, 0.3) is 22.1 Å². The average molecular weight is 427 g/mol. The summed E-state index contributed by atoms with van der Waals surface area (Å²) >= 11 is 1.35. The van der Waals surface area contributed by atoms with Crippen molar-refractivity contribution in [1.29, 1.82) is 0 Å². The molecule has 0 aliphatic rings. The van der Waals surface area contributed by atoms with Gasteiger partial charge in [0.2, 0.25) is 5.91 Å². The van der Waals surface area contributed by atoms with Crippen molar-refractivity contribution in [2.24, 2.45) is 0 Å². The molecule has 0 spiro atoms. The predicted octanol–water partition coefficient (Wildman–Crippen LogP) is 4.81. The van der Waals surface area contributed by atoms with Crippen molar-refractivity contribution in [3.8, 4) is 0 Å². The van der Waals surface area contributed by atoms with Crippen LogP contribution in [0.5, 0.6) is 0 Å². The third kappa shape index (κ3) is 3.53. The molecule has 3 aromatic carbocycles. The zero-order chi connectivity index (χ0) is 21.4. The molecule has 1 N–H and O–H groups in total. The molecule has 1 atom stereocenters. The molecule has 5 aromatic rings. The number of H-pyrrole nitrogens is 1. The maximum Gasteiger partial charge on any atom is 0.271 e. The van der Waals surface area contributed by atoms with Crippen molar-refractivity contribution in [3.63, 3.8) is 0 Å². The molecule has 0 fully saturated rings. The van der Waals surface area contributed by atoms with Gasteiger partial charge in [0.1, 0.15) is 5.69 Å². The fourth-order valence-corrected chi connectivity index (χ4v) is 4.88. The lowest BCUT2D eigenvalue weighted by molar-refractivity contribution is 0.0931. The molecule has 31 heavy (non-hydrogen) atoms. The number of hydrogen-bond donors (Lipinski definition) is 1. The van der Waals surface area contributed by atoms with E-state index in [0.717, 1.165) is 16.6 Å². The number of nitrogens with one attached hydrogen (secondary N) is 1. The van der Waals surface area contributed by atoms with Gasteiger partial charge in [0.05, 0.1) is 27.3 Å². The third-order valence-corrected chi connectivity index (χ3v) is 6.26. The zero-order valence-corrected chi connectivity index (χ0v) is 17.5. The molecule has 0 aliphatic heterocycles. The van der Waals surface area contributed by atoms with Gasteiger partial charge in [-0.15, -0.1) is 0 Å². The summed E-state index contributed by atoms with van der Waals surface area (Å²) in [4.78, 5) is 37.8. The standard InChI is InChI=1S/C24H18N4O2S/c1-15(29)28-20-14-8-7-13-19(20)27-24(28)31-22(16-9-3-2-4-10-16)21-23(30)26-18-12-6-5-11-17(18)25-21/h2-14,22H,1H3,(H,26,30). The minimum atomic E-state index is -0.440. The molecule has 0 saturated heterocycles. The number of benzene rings is 3. The van der Waals surface area contributed by atoms with Crippen LogP contribution < -0.4 is 5.56 Å². The number of carbonyl (C=O) groups excluding carboxylic acids is 1. The molecule has 2 heterocycles. The fraction of sp³-hybridized carbons (Fsp3) is 0.0833. The Balaban J connectivity index is 1.70. The Morgan fingerprint density at radius 2 is 1.58 bits per heavy atom. The van der Waals surface area contributed by atoms with Gasteiger partial charge in [-0.2, -0.15) is 0 Å². The first kappa shape index (κ1) is 19.3. The van der Waals surface area contributed by atoms with Crippen molar-refractivity contribution >= 4 is 39.7 Å². The topological polar surface area (TPSA) is 80.6 Å². The number of aromatic amines is 1. The molecule has 6 nitrogen and oxygen atoms in total. The van der Waals surface area contributed by atoms with Crippen molar-refractivity contribution in [2.75, 3.05) is 0 Å². The van der Waals surface area contributed by atoms with E-state index in [2.05, 4.69) is 15.0 Å². The Labute approximate surface area is 182 Å². The van der Waals surface area contributed by atoms with E-state index in [9.17, 15) is 9.59 Å². The van der Waals surface area contributed by atoms with Crippen molar-refractivity contribution in [3.05, 3.63) is 100 Å². The van der Waals surface area contributed by atoms with Crippen LogP contribution in [-0.4, -0.2) is 25.4 Å². The quantitative estimate of drug-likeness (QED) is 0.417. The van der Waals surface area contributed by atoms with Crippen LogP contribution in [0.3, 0.4) is 0 Å². The number of fused-ring (bicyclic) bond motifs is 2. The number of imidazole rings is 1. The van der Waals surface area contributed by atoms with Gasteiger partial charge in [-0.1, -0.05) is 66.4 Å². The highest BCUT2D eigenvalue weighted by Crippen LogP contribution is 2.39. The lowest BCUT2D eigenvalue weighted by Crippen LogP contribution is -2.19. The normalized spacial score (nSPS) is 12.3. The molecule has 0 amide bonds. The van der Waals surface area contributed by atoms with Gasteiger partial charge in [0.25, 0.3) is 5.56 Å². The highest BCUT2D eigenvalue weighted by Gasteiger charge is 2.25. The minimum absolute atomic E-state index is 0.136. The molecule has 152 valence electrons. The molecule has 2 aromatic heterocycles. The Morgan fingerprint density at radius 1 is 0.903 bits per heavy atom. The third-order valence-electron chi connectivity index (χ3n) is 5.04. The second-order valence-corrected chi connectivity index (χ2v) is 8.19. The summed E-state index contributed by atoms with van der Waals surface area (Å²) in [6.07, 6.45) is 0. The van der Waals surface area contributed by atoms with Crippen LogP contribution in [0.2, 0.25) is 0 Å². The number of hydrogen-bond acceptors (Lipinski definition) is 5. The molecule has 0 bridgehead atoms. The number of para-hydroxylation sites is 4. The van der Waals surface area contributed by atoms with Crippen molar-refractivity contribution < 1.29 is 4.79 Å². The monoisotopic (exact) mass is 426 g/mol. The first-order chi connectivity index (χ1) is 15.1. The van der Waals surface area contributed by atoms with Gasteiger partial charge < -0.3 is 4.98 Å². The summed E-state index contributed by atoms with van der Waals surface area (Å²) in [5.74, 6) is -0.136. The van der Waals surface area contributed by atoms with Gasteiger partial charge in [-0.05, 0) is 29.8 Å². The Kier molecular flexibility index (Phi) is 4.88. The summed E-state index contributed by atoms with van der Waals surface area (Å²) in [5.41, 5.74) is 3.88. The van der Waals surface area contributed by atoms with E-state index in [-0.39, 0.29) is 11.5 Å². The van der Waals surface area contributed by atoms with E-state index in [0.29, 0.717) is 21.9 Å². The lowest BCUT2D eigenvalue weighted by Gasteiger charge is -2.16. The summed E-state index contributed by atoms with van der Waals surface area (Å²) in [6, 6.07) is 24.6. The van der Waals surface area contributed by atoms with Gasteiger partial charge in [0.15, 0.2) is 5.16 Å². The van der Waals surface area contributed by atoms with E-state index in [1.165, 1.54) is 18.7 Å². The smallest absolute Gasteiger partial charge is 0.271 e. The molecular weight excluding hydrogens is 408 g/mol. The summed E-state index contributed by atoms with van der Waals surface area (Å²) in [5, 5.41) is 0.0846. The van der Waals surface area contributed by atoms with Crippen LogP contribution in [0.1, 0.15) is 28.2 Å². The number of nitrogens with zero attached hydrogens (tertiary/aromatic N) is 3. The summed E-state index contributed by atoms with van der Waals surface area (Å²) < 4.78 is 1.59. The van der Waals surface area contributed by atoms with Gasteiger partial charge >= 0.3 is 0 Å². The van der Waals surface area contributed by atoms with E-state index in [1.807, 2.05) is 78.9 Å². The average Bonchev–Trinajstić information content (AvgIpc) is 3.16. The van der Waals surface area contributed by atoms with Crippen LogP contribution in [0.15, 0.2) is 88.8 Å². The van der Waals surface area contributed by atoms with Crippen LogP contribution in [0.4, 0.5) is 0 Å². The highest BCUT2D eigenvalue weighted by atomic mass is 32.2. The van der Waals surface area contributed by atoms with Gasteiger partial charge in [-0.25, -0.2) is 9.97 Å². The maximum absolute atomic E-state index is 13.0. The Morgan fingerprint density at radius 3 is 2.35 bits per heavy atom. The first-order valence-electron chi connectivity index (χ1n) is 9.81. The van der Waals surface area contributed by atoms with E-state index < -0.39 is 5.25 Å². The molecule has 0 radical (unpaired) electrons. The van der Waals surface area contributed by atoms with E-state index in [1.54, 1.807) is 4.57 Å². The molecule has 5 rings (SSSR count). The molecule has 1 unspecified atom stereocenters. The van der Waals surface area contributed by atoms with Gasteiger partial charge in [0, 0.05) is 6.92 Å². The second-order valence-electron chi connectivity index (χ2n) is 7.11. The van der Waals surface area contributed by atoms with Crippen molar-refractivity contribution in [1.82, 2.24) is 19.5 Å². The number of rotatable bonds is 4. The molecule has 7 heteroatoms. The first-order valence-corrected chi connectivity index (χ1v) is 10.7. The highest BCUT2D eigenvalue weighted by molar-refractivity contribution is 7.99. The maximum atomic E-state index is 13.0. The predicted molar refractivity (Wildman–Crippen MR) is 123 cm³/mol. The SMILES string of the molecule is CC(=O)n1c(SC(c2ccccc2)c2nc3ccccc3[nH]c2=O)nc2ccccc21. The summed E-state index contributed by atoms with van der Waals surface area (Å²) in [6.45, 7) is 1.51. The fourth-order valence-electron chi connectivity index (χ4n) is 3.62. The lowest BCUT2D eigenvalue weighted by atomic mass is 10.1. The second kappa shape index (κ2) is 7.85. The molecular formula is C24H18N4O2S. The Hall–Kier alpha value is -3.71. The van der Waals surface area contributed by atoms with Crippen LogP contribution in [-0.2, 0) is 0 Å². The minimum Gasteiger partial charge on any atom is -0.319 e. The molecule has 0 saturated carbocycles. The largest absolute Gasteiger partial charge is 0.319 e. The van der Waals surface area contributed by atoms with Crippen molar-refractivity contribution in [2.45, 2.75) is 17.3 Å². The van der Waals surface area contributed by atoms with E-state index >= 15 is 0 Å². The van der Waals surface area contributed by atoms with E-state index in [4.69, 9.17) is 0 Å². The zero-order valence-electron chi connectivity index (χ0n) is 16.6. The van der Waals surface area contributed by atoms with Crippen LogP contribution in [0, 0.1) is 0 Å². The number of aromatic nitrogens is 4. The van der Waals surface area contributed by atoms with Crippen LogP contribution >= 0.6 is 11.8 Å².